The number of aromatic nitrogens is 4. The molecule has 2 aromatic heterocycles. The summed E-state index contributed by atoms with van der Waals surface area (Å²) in [6.45, 7) is 2.16. The van der Waals surface area contributed by atoms with E-state index in [9.17, 15) is 0 Å². The fourth-order valence-corrected chi connectivity index (χ4v) is 2.83. The molecule has 1 unspecified atom stereocenters. The first-order valence-electron chi connectivity index (χ1n) is 8.64. The van der Waals surface area contributed by atoms with Crippen LogP contribution in [-0.2, 0) is 4.74 Å². The molecule has 3 heterocycles. The van der Waals surface area contributed by atoms with Crippen LogP contribution in [-0.4, -0.2) is 59.8 Å². The van der Waals surface area contributed by atoms with Gasteiger partial charge in [0.1, 0.15) is 24.1 Å². The van der Waals surface area contributed by atoms with E-state index in [4.69, 9.17) is 4.74 Å². The molecule has 0 amide bonds. The Morgan fingerprint density at radius 3 is 2.92 bits per heavy atom. The molecule has 2 fully saturated rings. The fraction of sp³-hybridized carbons (Fsp3) is 0.529. The van der Waals surface area contributed by atoms with Gasteiger partial charge in [0, 0.05) is 38.9 Å². The normalized spacial score (nSPS) is 20.4. The molecule has 25 heavy (non-hydrogen) atoms. The lowest BCUT2D eigenvalue weighted by Gasteiger charge is -2.33. The molecule has 1 aliphatic carbocycles. The van der Waals surface area contributed by atoms with E-state index in [2.05, 4.69) is 30.2 Å². The minimum absolute atomic E-state index is 0.0924. The lowest BCUT2D eigenvalue weighted by molar-refractivity contribution is 0.0367. The van der Waals surface area contributed by atoms with E-state index in [1.807, 2.05) is 31.1 Å². The first-order valence-corrected chi connectivity index (χ1v) is 8.64. The average Bonchev–Trinajstić information content (AvgIpc) is 3.46. The van der Waals surface area contributed by atoms with Crippen LogP contribution < -0.4 is 15.1 Å². The number of morpholine rings is 1. The van der Waals surface area contributed by atoms with Crippen molar-refractivity contribution in [3.8, 4) is 0 Å². The quantitative estimate of drug-likeness (QED) is 0.876. The lowest BCUT2D eigenvalue weighted by Crippen LogP contribution is -2.39. The van der Waals surface area contributed by atoms with Crippen LogP contribution in [0, 0.1) is 0 Å². The lowest BCUT2D eigenvalue weighted by atomic mass is 10.2. The van der Waals surface area contributed by atoms with Gasteiger partial charge in [0.15, 0.2) is 0 Å². The number of hydrogen-bond acceptors (Lipinski definition) is 8. The summed E-state index contributed by atoms with van der Waals surface area (Å²) in [5, 5.41) is 3.42. The van der Waals surface area contributed by atoms with Gasteiger partial charge in [-0.25, -0.2) is 19.9 Å². The summed E-state index contributed by atoms with van der Waals surface area (Å²) in [7, 11) is 3.87. The smallest absolute Gasteiger partial charge is 0.225 e. The first-order chi connectivity index (χ1) is 12.2. The van der Waals surface area contributed by atoms with Gasteiger partial charge in [-0.05, 0) is 18.9 Å². The molecule has 1 aliphatic heterocycles. The Balaban J connectivity index is 1.50. The van der Waals surface area contributed by atoms with Crippen LogP contribution in [0.3, 0.4) is 0 Å². The number of hydrogen-bond donors (Lipinski definition) is 1. The van der Waals surface area contributed by atoms with Crippen molar-refractivity contribution >= 4 is 17.6 Å². The molecule has 8 nitrogen and oxygen atoms in total. The molecule has 0 spiro atoms. The largest absolute Gasteiger partial charge is 0.368 e. The zero-order chi connectivity index (χ0) is 17.2. The number of nitrogens with zero attached hydrogens (tertiary/aromatic N) is 6. The van der Waals surface area contributed by atoms with Gasteiger partial charge in [-0.15, -0.1) is 0 Å². The summed E-state index contributed by atoms with van der Waals surface area (Å²) in [6, 6.07) is 4.51. The second-order valence-corrected chi connectivity index (χ2v) is 6.66. The van der Waals surface area contributed by atoms with Crippen LogP contribution in [0.15, 0.2) is 24.7 Å². The maximum atomic E-state index is 5.95. The van der Waals surface area contributed by atoms with Crippen molar-refractivity contribution in [2.45, 2.75) is 25.0 Å². The van der Waals surface area contributed by atoms with Gasteiger partial charge in [0.2, 0.25) is 5.95 Å². The third kappa shape index (κ3) is 3.79. The predicted octanol–water partition coefficient (Wildman–Crippen LogP) is 1.48. The minimum atomic E-state index is -0.0924. The van der Waals surface area contributed by atoms with Gasteiger partial charge in [0.05, 0.1) is 18.8 Å². The number of ether oxygens (including phenoxy) is 1. The van der Waals surface area contributed by atoms with Crippen LogP contribution in [0.2, 0.25) is 0 Å². The SMILES string of the molecule is CN(C)c1nccc(C2CN(c3cc(NC4CC4)ncn3)CCO2)n1. The van der Waals surface area contributed by atoms with Gasteiger partial charge in [0.25, 0.3) is 0 Å². The van der Waals surface area contributed by atoms with E-state index >= 15 is 0 Å². The molecule has 132 valence electrons. The van der Waals surface area contributed by atoms with Crippen molar-refractivity contribution < 1.29 is 4.74 Å². The van der Waals surface area contributed by atoms with Crippen molar-refractivity contribution in [2.24, 2.45) is 0 Å². The third-order valence-electron chi connectivity index (χ3n) is 4.37. The van der Waals surface area contributed by atoms with E-state index in [0.29, 0.717) is 25.1 Å². The highest BCUT2D eigenvalue weighted by Gasteiger charge is 2.26. The second-order valence-electron chi connectivity index (χ2n) is 6.66. The van der Waals surface area contributed by atoms with E-state index in [1.54, 1.807) is 12.5 Å². The summed E-state index contributed by atoms with van der Waals surface area (Å²) >= 11 is 0. The fourth-order valence-electron chi connectivity index (χ4n) is 2.83. The Morgan fingerprint density at radius 1 is 1.24 bits per heavy atom. The van der Waals surface area contributed by atoms with Crippen LogP contribution in [0.1, 0.15) is 24.6 Å². The van der Waals surface area contributed by atoms with Crippen molar-refractivity contribution in [2.75, 3.05) is 48.9 Å². The van der Waals surface area contributed by atoms with Crippen LogP contribution in [0.25, 0.3) is 0 Å². The molecule has 1 atom stereocenters. The maximum Gasteiger partial charge on any atom is 0.225 e. The summed E-state index contributed by atoms with van der Waals surface area (Å²) in [5.41, 5.74) is 0.897. The van der Waals surface area contributed by atoms with Crippen molar-refractivity contribution in [3.05, 3.63) is 30.4 Å². The second kappa shape index (κ2) is 6.79. The molecule has 1 N–H and O–H groups in total. The minimum Gasteiger partial charge on any atom is -0.368 e. The molecule has 2 aliphatic rings. The van der Waals surface area contributed by atoms with Gasteiger partial charge in [-0.1, -0.05) is 0 Å². The summed E-state index contributed by atoms with van der Waals surface area (Å²) in [6.07, 6.45) is 5.76. The van der Waals surface area contributed by atoms with Crippen LogP contribution in [0.4, 0.5) is 17.6 Å². The van der Waals surface area contributed by atoms with E-state index in [-0.39, 0.29) is 6.10 Å². The first kappa shape index (κ1) is 16.0. The molecule has 2 aromatic rings. The third-order valence-corrected chi connectivity index (χ3v) is 4.37. The topological polar surface area (TPSA) is 79.3 Å². The number of anilines is 3. The summed E-state index contributed by atoms with van der Waals surface area (Å²) < 4.78 is 5.95. The standard InChI is InChI=1S/C17H23N7O/c1-23(2)17-18-6-5-13(22-17)14-10-24(7-8-25-14)16-9-15(19-11-20-16)21-12-3-4-12/h5-6,9,11-12,14H,3-4,7-8,10H2,1-2H3,(H,19,20,21). The van der Waals surface area contributed by atoms with E-state index < -0.39 is 0 Å². The molecule has 0 bridgehead atoms. The van der Waals surface area contributed by atoms with Gasteiger partial charge < -0.3 is 19.9 Å². The summed E-state index contributed by atoms with van der Waals surface area (Å²) in [5.74, 6) is 2.51. The zero-order valence-electron chi connectivity index (χ0n) is 14.6. The monoisotopic (exact) mass is 341 g/mol. The van der Waals surface area contributed by atoms with Gasteiger partial charge in [-0.3, -0.25) is 0 Å². The van der Waals surface area contributed by atoms with Crippen molar-refractivity contribution in [3.63, 3.8) is 0 Å². The number of rotatable bonds is 5. The Kier molecular flexibility index (Phi) is 4.35. The average molecular weight is 341 g/mol. The Bertz CT molecular complexity index is 734. The Labute approximate surface area is 147 Å². The molecule has 1 saturated carbocycles. The molecular weight excluding hydrogens is 318 g/mol. The summed E-state index contributed by atoms with van der Waals surface area (Å²) in [4.78, 5) is 21.8. The number of nitrogens with one attached hydrogen (secondary N) is 1. The molecule has 0 radical (unpaired) electrons. The molecule has 8 heteroatoms. The van der Waals surface area contributed by atoms with Crippen molar-refractivity contribution in [1.82, 2.24) is 19.9 Å². The van der Waals surface area contributed by atoms with Crippen LogP contribution >= 0.6 is 0 Å². The maximum absolute atomic E-state index is 5.95. The molecule has 1 saturated heterocycles. The highest BCUT2D eigenvalue weighted by molar-refractivity contribution is 5.50. The zero-order valence-corrected chi connectivity index (χ0v) is 14.6. The predicted molar refractivity (Wildman–Crippen MR) is 95.9 cm³/mol. The molecular formula is C17H23N7O. The van der Waals surface area contributed by atoms with Gasteiger partial charge in [-0.2, -0.15) is 0 Å². The highest BCUT2D eigenvalue weighted by Crippen LogP contribution is 2.27. The van der Waals surface area contributed by atoms with Crippen LogP contribution in [0.5, 0.6) is 0 Å². The molecule has 4 rings (SSSR count). The Hall–Kier alpha value is -2.48. The Morgan fingerprint density at radius 2 is 2.12 bits per heavy atom. The van der Waals surface area contributed by atoms with E-state index in [0.717, 1.165) is 23.9 Å². The highest BCUT2D eigenvalue weighted by atomic mass is 16.5. The molecule has 0 aromatic carbocycles. The van der Waals surface area contributed by atoms with Gasteiger partial charge >= 0.3 is 0 Å². The van der Waals surface area contributed by atoms with Crippen molar-refractivity contribution in [1.29, 1.82) is 0 Å². The van der Waals surface area contributed by atoms with E-state index in [1.165, 1.54) is 12.8 Å².